The van der Waals surface area contributed by atoms with Crippen LogP contribution < -0.4 is 11.3 Å². The third-order valence-corrected chi connectivity index (χ3v) is 3.53. The highest BCUT2D eigenvalue weighted by Gasteiger charge is 2.09. The summed E-state index contributed by atoms with van der Waals surface area (Å²) in [4.78, 5) is 4.04. The monoisotopic (exact) mass is 269 g/mol. The fourth-order valence-corrected chi connectivity index (χ4v) is 2.61. The summed E-state index contributed by atoms with van der Waals surface area (Å²) < 4.78 is 0. The SMILES string of the molecule is Cc1cc(C)cc(CC(CCc2ccncc2)NN)c1. The molecule has 106 valence electrons. The van der Waals surface area contributed by atoms with E-state index in [0.717, 1.165) is 19.3 Å². The van der Waals surface area contributed by atoms with E-state index < -0.39 is 0 Å². The van der Waals surface area contributed by atoms with Gasteiger partial charge in [0.15, 0.2) is 0 Å². The number of hydrogen-bond donors (Lipinski definition) is 2. The highest BCUT2D eigenvalue weighted by atomic mass is 15.2. The number of rotatable bonds is 6. The fraction of sp³-hybridized carbons (Fsp3) is 0.353. The van der Waals surface area contributed by atoms with Gasteiger partial charge in [0.1, 0.15) is 0 Å². The van der Waals surface area contributed by atoms with Crippen LogP contribution in [0.15, 0.2) is 42.7 Å². The number of nitrogens with two attached hydrogens (primary N) is 1. The zero-order valence-electron chi connectivity index (χ0n) is 12.3. The zero-order chi connectivity index (χ0) is 14.4. The molecule has 2 aromatic rings. The molecule has 1 aromatic heterocycles. The lowest BCUT2D eigenvalue weighted by Crippen LogP contribution is -2.37. The Bertz CT molecular complexity index is 517. The summed E-state index contributed by atoms with van der Waals surface area (Å²) >= 11 is 0. The molecule has 0 saturated heterocycles. The lowest BCUT2D eigenvalue weighted by atomic mass is 9.97. The maximum Gasteiger partial charge on any atom is 0.0270 e. The van der Waals surface area contributed by atoms with Gasteiger partial charge in [-0.1, -0.05) is 29.3 Å². The number of benzene rings is 1. The first-order valence-corrected chi connectivity index (χ1v) is 7.09. The van der Waals surface area contributed by atoms with Crippen molar-refractivity contribution in [3.8, 4) is 0 Å². The van der Waals surface area contributed by atoms with Crippen LogP contribution in [0, 0.1) is 13.8 Å². The molecule has 3 heteroatoms. The van der Waals surface area contributed by atoms with E-state index in [9.17, 15) is 0 Å². The van der Waals surface area contributed by atoms with Crippen molar-refractivity contribution < 1.29 is 0 Å². The smallest absolute Gasteiger partial charge is 0.0270 e. The number of pyridine rings is 1. The molecule has 0 aliphatic rings. The molecule has 2 rings (SSSR count). The number of aromatic nitrogens is 1. The van der Waals surface area contributed by atoms with Crippen LogP contribution in [0.2, 0.25) is 0 Å². The van der Waals surface area contributed by atoms with Crippen molar-refractivity contribution in [2.24, 2.45) is 5.84 Å². The molecular formula is C17H23N3. The van der Waals surface area contributed by atoms with E-state index in [4.69, 9.17) is 5.84 Å². The molecule has 3 nitrogen and oxygen atoms in total. The molecule has 1 unspecified atom stereocenters. The molecule has 1 aromatic carbocycles. The number of aryl methyl sites for hydroxylation is 3. The van der Waals surface area contributed by atoms with E-state index in [-0.39, 0.29) is 0 Å². The normalized spacial score (nSPS) is 12.3. The minimum absolute atomic E-state index is 0.296. The molecule has 1 atom stereocenters. The molecule has 0 aliphatic heterocycles. The van der Waals surface area contributed by atoms with E-state index in [0.29, 0.717) is 6.04 Å². The summed E-state index contributed by atoms with van der Waals surface area (Å²) in [6, 6.07) is 11.1. The van der Waals surface area contributed by atoms with E-state index in [1.54, 1.807) is 0 Å². The van der Waals surface area contributed by atoms with Crippen LogP contribution in [-0.2, 0) is 12.8 Å². The van der Waals surface area contributed by atoms with Gasteiger partial charge in [-0.2, -0.15) is 0 Å². The Morgan fingerprint density at radius 3 is 2.30 bits per heavy atom. The minimum Gasteiger partial charge on any atom is -0.271 e. The molecular weight excluding hydrogens is 246 g/mol. The van der Waals surface area contributed by atoms with Gasteiger partial charge in [0, 0.05) is 18.4 Å². The summed E-state index contributed by atoms with van der Waals surface area (Å²) in [6.07, 6.45) is 6.67. The number of hydrogen-bond acceptors (Lipinski definition) is 3. The molecule has 0 radical (unpaired) electrons. The van der Waals surface area contributed by atoms with Gasteiger partial charge in [-0.25, -0.2) is 0 Å². The third kappa shape index (κ3) is 4.44. The molecule has 0 bridgehead atoms. The van der Waals surface area contributed by atoms with Crippen LogP contribution in [0.1, 0.15) is 28.7 Å². The largest absolute Gasteiger partial charge is 0.271 e. The Morgan fingerprint density at radius 2 is 1.70 bits per heavy atom. The summed E-state index contributed by atoms with van der Waals surface area (Å²) in [5.41, 5.74) is 8.22. The molecule has 0 saturated carbocycles. The Kier molecular flexibility index (Phi) is 5.27. The minimum atomic E-state index is 0.296. The molecule has 0 fully saturated rings. The predicted octanol–water partition coefficient (Wildman–Crippen LogP) is 2.71. The van der Waals surface area contributed by atoms with Gasteiger partial charge in [-0.3, -0.25) is 16.3 Å². The van der Waals surface area contributed by atoms with Gasteiger partial charge >= 0.3 is 0 Å². The summed E-state index contributed by atoms with van der Waals surface area (Å²) in [7, 11) is 0. The Labute approximate surface area is 121 Å². The highest BCUT2D eigenvalue weighted by molar-refractivity contribution is 5.29. The van der Waals surface area contributed by atoms with E-state index in [1.807, 2.05) is 12.4 Å². The predicted molar refractivity (Wildman–Crippen MR) is 83.3 cm³/mol. The van der Waals surface area contributed by atoms with Gasteiger partial charge in [0.05, 0.1) is 0 Å². The first kappa shape index (κ1) is 14.7. The second-order valence-corrected chi connectivity index (χ2v) is 5.46. The average molecular weight is 269 g/mol. The van der Waals surface area contributed by atoms with Crippen LogP contribution >= 0.6 is 0 Å². The second kappa shape index (κ2) is 7.17. The number of nitrogens with one attached hydrogen (secondary N) is 1. The Hall–Kier alpha value is -1.71. The lowest BCUT2D eigenvalue weighted by molar-refractivity contribution is 0.491. The van der Waals surface area contributed by atoms with Crippen LogP contribution in [-0.4, -0.2) is 11.0 Å². The van der Waals surface area contributed by atoms with Crippen LogP contribution in [0.25, 0.3) is 0 Å². The molecule has 20 heavy (non-hydrogen) atoms. The Morgan fingerprint density at radius 1 is 1.05 bits per heavy atom. The van der Waals surface area contributed by atoms with Gasteiger partial charge in [-0.05, 0) is 56.4 Å². The first-order valence-electron chi connectivity index (χ1n) is 7.09. The molecule has 0 amide bonds. The van der Waals surface area contributed by atoms with Crippen LogP contribution in [0.4, 0.5) is 0 Å². The van der Waals surface area contributed by atoms with Crippen molar-refractivity contribution in [3.05, 3.63) is 65.0 Å². The van der Waals surface area contributed by atoms with E-state index in [2.05, 4.69) is 54.6 Å². The van der Waals surface area contributed by atoms with Gasteiger partial charge in [0.25, 0.3) is 0 Å². The topological polar surface area (TPSA) is 50.9 Å². The van der Waals surface area contributed by atoms with Gasteiger partial charge in [0.2, 0.25) is 0 Å². The van der Waals surface area contributed by atoms with Crippen LogP contribution in [0.3, 0.4) is 0 Å². The highest BCUT2D eigenvalue weighted by Crippen LogP contribution is 2.13. The quantitative estimate of drug-likeness (QED) is 0.626. The third-order valence-electron chi connectivity index (χ3n) is 3.53. The van der Waals surface area contributed by atoms with E-state index in [1.165, 1.54) is 22.3 Å². The zero-order valence-corrected chi connectivity index (χ0v) is 12.3. The number of hydrazine groups is 1. The van der Waals surface area contributed by atoms with Crippen molar-refractivity contribution in [2.75, 3.05) is 0 Å². The number of nitrogens with zero attached hydrogens (tertiary/aromatic N) is 1. The van der Waals surface area contributed by atoms with Crippen molar-refractivity contribution in [1.29, 1.82) is 0 Å². The molecule has 0 spiro atoms. The standard InChI is InChI=1S/C17H23N3/c1-13-9-14(2)11-16(10-13)12-17(20-18)4-3-15-5-7-19-8-6-15/h5-11,17,20H,3-4,12,18H2,1-2H3. The fourth-order valence-electron chi connectivity index (χ4n) is 2.61. The van der Waals surface area contributed by atoms with Crippen molar-refractivity contribution in [2.45, 2.75) is 39.2 Å². The maximum atomic E-state index is 5.70. The van der Waals surface area contributed by atoms with Gasteiger partial charge < -0.3 is 0 Å². The summed E-state index contributed by atoms with van der Waals surface area (Å²) in [6.45, 7) is 4.27. The summed E-state index contributed by atoms with van der Waals surface area (Å²) in [5, 5.41) is 0. The molecule has 0 aliphatic carbocycles. The average Bonchev–Trinajstić information content (AvgIpc) is 2.43. The van der Waals surface area contributed by atoms with Crippen molar-refractivity contribution in [3.63, 3.8) is 0 Å². The molecule has 1 heterocycles. The van der Waals surface area contributed by atoms with E-state index >= 15 is 0 Å². The van der Waals surface area contributed by atoms with Crippen molar-refractivity contribution in [1.82, 2.24) is 10.4 Å². The maximum absolute atomic E-state index is 5.70. The summed E-state index contributed by atoms with van der Waals surface area (Å²) in [5.74, 6) is 5.70. The first-order chi connectivity index (χ1) is 9.67. The van der Waals surface area contributed by atoms with Crippen molar-refractivity contribution >= 4 is 0 Å². The second-order valence-electron chi connectivity index (χ2n) is 5.46. The Balaban J connectivity index is 1.95. The van der Waals surface area contributed by atoms with Gasteiger partial charge in [-0.15, -0.1) is 0 Å². The molecule has 3 N–H and O–H groups in total. The van der Waals surface area contributed by atoms with Crippen LogP contribution in [0.5, 0.6) is 0 Å². The lowest BCUT2D eigenvalue weighted by Gasteiger charge is -2.16.